The van der Waals surface area contributed by atoms with E-state index in [4.69, 9.17) is 10.6 Å². The Morgan fingerprint density at radius 2 is 2.05 bits per heavy atom. The van der Waals surface area contributed by atoms with Crippen molar-refractivity contribution in [2.75, 3.05) is 5.43 Å². The number of nitro benzene ring substituents is 1. The highest BCUT2D eigenvalue weighted by Gasteiger charge is 2.11. The number of anilines is 1. The van der Waals surface area contributed by atoms with Crippen LogP contribution in [0.4, 0.5) is 11.4 Å². The van der Waals surface area contributed by atoms with Gasteiger partial charge in [-0.3, -0.25) is 16.0 Å². The molecular formula is C13H12BrN3O3. The maximum Gasteiger partial charge on any atom is 0.275 e. The van der Waals surface area contributed by atoms with E-state index < -0.39 is 4.92 Å². The Kier molecular flexibility index (Phi) is 4.21. The summed E-state index contributed by atoms with van der Waals surface area (Å²) in [6, 6.07) is 9.79. The van der Waals surface area contributed by atoms with Crippen molar-refractivity contribution in [3.05, 3.63) is 56.5 Å². The molecule has 0 heterocycles. The van der Waals surface area contributed by atoms with E-state index in [-0.39, 0.29) is 5.69 Å². The number of non-ortho nitro benzene ring substituents is 1. The van der Waals surface area contributed by atoms with Crippen LogP contribution in [0.3, 0.4) is 0 Å². The van der Waals surface area contributed by atoms with Gasteiger partial charge in [0.15, 0.2) is 0 Å². The molecular weight excluding hydrogens is 326 g/mol. The average Bonchev–Trinajstić information content (AvgIpc) is 2.41. The van der Waals surface area contributed by atoms with Crippen LogP contribution >= 0.6 is 15.9 Å². The quantitative estimate of drug-likeness (QED) is 0.503. The second-order valence-corrected chi connectivity index (χ2v) is 5.04. The standard InChI is InChI=1S/C13H12BrN3O3/c1-8-4-9(14)2-3-13(8)20-12-6-10(16-15)5-11(7-12)17(18)19/h2-7,16H,15H2,1H3. The number of nitrogens with two attached hydrogens (primary N) is 1. The largest absolute Gasteiger partial charge is 0.457 e. The van der Waals surface area contributed by atoms with E-state index in [0.29, 0.717) is 17.2 Å². The number of benzene rings is 2. The summed E-state index contributed by atoms with van der Waals surface area (Å²) in [5, 5.41) is 10.9. The summed E-state index contributed by atoms with van der Waals surface area (Å²) in [6.45, 7) is 1.89. The number of hydrogen-bond donors (Lipinski definition) is 2. The zero-order chi connectivity index (χ0) is 14.7. The second-order valence-electron chi connectivity index (χ2n) is 4.13. The lowest BCUT2D eigenvalue weighted by molar-refractivity contribution is -0.384. The van der Waals surface area contributed by atoms with Gasteiger partial charge in [0.2, 0.25) is 0 Å². The van der Waals surface area contributed by atoms with Crippen LogP contribution in [0.25, 0.3) is 0 Å². The molecule has 2 rings (SSSR count). The molecule has 0 amide bonds. The Bertz CT molecular complexity index is 661. The average molecular weight is 338 g/mol. The molecule has 6 nitrogen and oxygen atoms in total. The molecule has 0 atom stereocenters. The minimum atomic E-state index is -0.498. The molecule has 0 radical (unpaired) electrons. The van der Waals surface area contributed by atoms with Crippen molar-refractivity contribution in [1.82, 2.24) is 0 Å². The number of nitrogen functional groups attached to an aromatic ring is 1. The fourth-order valence-electron chi connectivity index (χ4n) is 1.69. The Hall–Kier alpha value is -2.12. The van der Waals surface area contributed by atoms with Gasteiger partial charge in [0.25, 0.3) is 5.69 Å². The first-order valence-corrected chi connectivity index (χ1v) is 6.49. The zero-order valence-electron chi connectivity index (χ0n) is 10.6. The van der Waals surface area contributed by atoms with Crippen molar-refractivity contribution < 1.29 is 9.66 Å². The molecule has 0 spiro atoms. The summed E-state index contributed by atoms with van der Waals surface area (Å²) in [5.41, 5.74) is 3.60. The summed E-state index contributed by atoms with van der Waals surface area (Å²) < 4.78 is 6.61. The van der Waals surface area contributed by atoms with Crippen LogP contribution in [0.1, 0.15) is 5.56 Å². The minimum absolute atomic E-state index is 0.0924. The normalized spacial score (nSPS) is 10.2. The zero-order valence-corrected chi connectivity index (χ0v) is 12.2. The highest BCUT2D eigenvalue weighted by atomic mass is 79.9. The van der Waals surface area contributed by atoms with E-state index in [9.17, 15) is 10.1 Å². The van der Waals surface area contributed by atoms with Crippen molar-refractivity contribution >= 4 is 27.3 Å². The Morgan fingerprint density at radius 3 is 2.65 bits per heavy atom. The molecule has 104 valence electrons. The van der Waals surface area contributed by atoms with E-state index >= 15 is 0 Å². The lowest BCUT2D eigenvalue weighted by atomic mass is 10.2. The van der Waals surface area contributed by atoms with Gasteiger partial charge in [0.05, 0.1) is 16.7 Å². The van der Waals surface area contributed by atoms with Crippen LogP contribution in [0, 0.1) is 17.0 Å². The minimum Gasteiger partial charge on any atom is -0.457 e. The monoisotopic (exact) mass is 337 g/mol. The Balaban J connectivity index is 2.37. The molecule has 0 aromatic heterocycles. The topological polar surface area (TPSA) is 90.4 Å². The van der Waals surface area contributed by atoms with Crippen molar-refractivity contribution in [3.8, 4) is 11.5 Å². The SMILES string of the molecule is Cc1cc(Br)ccc1Oc1cc(NN)cc([N+](=O)[O-])c1. The van der Waals surface area contributed by atoms with Gasteiger partial charge in [0, 0.05) is 16.6 Å². The van der Waals surface area contributed by atoms with E-state index in [1.54, 1.807) is 12.1 Å². The summed E-state index contributed by atoms with van der Waals surface area (Å²) in [7, 11) is 0. The van der Waals surface area contributed by atoms with Crippen molar-refractivity contribution in [3.63, 3.8) is 0 Å². The van der Waals surface area contributed by atoms with Gasteiger partial charge in [0.1, 0.15) is 11.5 Å². The maximum atomic E-state index is 10.9. The third-order valence-corrected chi connectivity index (χ3v) is 3.13. The first-order chi connectivity index (χ1) is 9.49. The highest BCUT2D eigenvalue weighted by Crippen LogP contribution is 2.31. The molecule has 0 saturated carbocycles. The lowest BCUT2D eigenvalue weighted by Crippen LogP contribution is -2.07. The van der Waals surface area contributed by atoms with Crippen LogP contribution in [0.15, 0.2) is 40.9 Å². The van der Waals surface area contributed by atoms with E-state index in [1.165, 1.54) is 12.1 Å². The number of hydrogen-bond acceptors (Lipinski definition) is 5. The summed E-state index contributed by atoms with van der Waals surface area (Å²) >= 11 is 3.36. The number of aryl methyl sites for hydroxylation is 1. The van der Waals surface area contributed by atoms with Crippen molar-refractivity contribution in [1.29, 1.82) is 0 Å². The maximum absolute atomic E-state index is 10.9. The summed E-state index contributed by atoms with van der Waals surface area (Å²) in [4.78, 5) is 10.4. The van der Waals surface area contributed by atoms with Crippen LogP contribution in [0.2, 0.25) is 0 Å². The molecule has 3 N–H and O–H groups in total. The molecule has 20 heavy (non-hydrogen) atoms. The molecule has 0 aliphatic heterocycles. The van der Waals surface area contributed by atoms with Gasteiger partial charge >= 0.3 is 0 Å². The van der Waals surface area contributed by atoms with Gasteiger partial charge in [-0.05, 0) is 30.7 Å². The van der Waals surface area contributed by atoms with Gasteiger partial charge in [-0.25, -0.2) is 0 Å². The molecule has 0 unspecified atom stereocenters. The van der Waals surface area contributed by atoms with Crippen molar-refractivity contribution in [2.24, 2.45) is 5.84 Å². The van der Waals surface area contributed by atoms with Gasteiger partial charge in [-0.1, -0.05) is 15.9 Å². The lowest BCUT2D eigenvalue weighted by Gasteiger charge is -2.10. The van der Waals surface area contributed by atoms with Gasteiger partial charge in [-0.2, -0.15) is 0 Å². The number of nitro groups is 1. The first kappa shape index (κ1) is 14.3. The van der Waals surface area contributed by atoms with E-state index in [0.717, 1.165) is 10.0 Å². The number of rotatable bonds is 4. The number of nitrogens with one attached hydrogen (secondary N) is 1. The molecule has 0 aliphatic rings. The molecule has 2 aromatic rings. The van der Waals surface area contributed by atoms with E-state index in [2.05, 4.69) is 21.4 Å². The molecule has 2 aromatic carbocycles. The fraction of sp³-hybridized carbons (Fsp3) is 0.0769. The second kappa shape index (κ2) is 5.89. The van der Waals surface area contributed by atoms with Crippen LogP contribution in [-0.2, 0) is 0 Å². The predicted octanol–water partition coefficient (Wildman–Crippen LogP) is 3.74. The van der Waals surface area contributed by atoms with Crippen LogP contribution in [-0.4, -0.2) is 4.92 Å². The van der Waals surface area contributed by atoms with Gasteiger partial charge in [-0.15, -0.1) is 0 Å². The smallest absolute Gasteiger partial charge is 0.275 e. The van der Waals surface area contributed by atoms with Crippen molar-refractivity contribution in [2.45, 2.75) is 6.92 Å². The number of nitrogens with zero attached hydrogens (tertiary/aromatic N) is 1. The van der Waals surface area contributed by atoms with Crippen LogP contribution in [0.5, 0.6) is 11.5 Å². The van der Waals surface area contributed by atoms with Gasteiger partial charge < -0.3 is 10.2 Å². The first-order valence-electron chi connectivity index (χ1n) is 5.69. The summed E-state index contributed by atoms with van der Waals surface area (Å²) in [6.07, 6.45) is 0. The molecule has 0 aliphatic carbocycles. The third kappa shape index (κ3) is 3.25. The number of hydrazine groups is 1. The third-order valence-electron chi connectivity index (χ3n) is 2.63. The number of halogens is 1. The van der Waals surface area contributed by atoms with E-state index in [1.807, 2.05) is 19.1 Å². The Labute approximate surface area is 123 Å². The van der Waals surface area contributed by atoms with Crippen LogP contribution < -0.4 is 16.0 Å². The molecule has 0 fully saturated rings. The molecule has 0 bridgehead atoms. The predicted molar refractivity (Wildman–Crippen MR) is 79.9 cm³/mol. The molecule has 7 heteroatoms. The fourth-order valence-corrected chi connectivity index (χ4v) is 2.16. The number of ether oxygens (including phenoxy) is 1. The molecule has 0 saturated heterocycles. The Morgan fingerprint density at radius 1 is 1.30 bits per heavy atom. The highest BCUT2D eigenvalue weighted by molar-refractivity contribution is 9.10. The summed E-state index contributed by atoms with van der Waals surface area (Å²) in [5.74, 6) is 6.26.